The monoisotopic (exact) mass is 154 g/mol. The summed E-state index contributed by atoms with van der Waals surface area (Å²) in [5.74, 6) is 0. The van der Waals surface area contributed by atoms with Crippen molar-refractivity contribution in [2.24, 2.45) is 0 Å². The molecule has 0 nitrogen and oxygen atoms in total. The van der Waals surface area contributed by atoms with E-state index in [1.54, 1.807) is 0 Å². The first-order valence-corrected chi connectivity index (χ1v) is 0. The SMILES string of the molecule is [AlH3].[B].[H-].[Na+].[Y]. The summed E-state index contributed by atoms with van der Waals surface area (Å²) in [7, 11) is 0. The van der Waals surface area contributed by atoms with Crippen LogP contribution in [0.4, 0.5) is 0 Å². The van der Waals surface area contributed by atoms with Crippen LogP contribution in [0, 0.1) is 0 Å². The standard InChI is InChI=1S/Al.B.Na.Y.4H/q;;+1;;;;;-1. The van der Waals surface area contributed by atoms with Crippen molar-refractivity contribution >= 4 is 25.8 Å². The van der Waals surface area contributed by atoms with Gasteiger partial charge in [-0.15, -0.1) is 0 Å². The van der Waals surface area contributed by atoms with Crippen LogP contribution in [-0.2, 0) is 32.7 Å². The molecule has 0 amide bonds. The summed E-state index contributed by atoms with van der Waals surface area (Å²) >= 11 is 0. The van der Waals surface area contributed by atoms with Gasteiger partial charge in [0.05, 0.1) is 0 Å². The van der Waals surface area contributed by atoms with Gasteiger partial charge in [0.2, 0.25) is 0 Å². The second-order valence-corrected chi connectivity index (χ2v) is 0. The Kier molecular flexibility index (Phi) is 129. The van der Waals surface area contributed by atoms with Crippen LogP contribution in [0.1, 0.15) is 1.43 Å². The molecule has 14 valence electrons. The van der Waals surface area contributed by atoms with E-state index in [4.69, 9.17) is 0 Å². The van der Waals surface area contributed by atoms with Crippen molar-refractivity contribution in [3.05, 3.63) is 0 Å². The number of hydrogen-bond acceptors (Lipinski definition) is 0. The number of rotatable bonds is 0. The molecular weight excluding hydrogens is 150 g/mol. The minimum atomic E-state index is 0. The van der Waals surface area contributed by atoms with E-state index in [1.165, 1.54) is 0 Å². The minimum Gasteiger partial charge on any atom is -1.00 e. The van der Waals surface area contributed by atoms with Crippen molar-refractivity contribution in [2.75, 3.05) is 0 Å². The topological polar surface area (TPSA) is 0 Å². The molecule has 0 atom stereocenters. The van der Waals surface area contributed by atoms with E-state index in [9.17, 15) is 0 Å². The maximum absolute atomic E-state index is 0. The van der Waals surface area contributed by atoms with Crippen LogP contribution >= 0.6 is 0 Å². The summed E-state index contributed by atoms with van der Waals surface area (Å²) in [6, 6.07) is 0. The van der Waals surface area contributed by atoms with Crippen molar-refractivity contribution in [3.63, 3.8) is 0 Å². The average Bonchev–Trinajstić information content (AvgIpc) is 0. The second kappa shape index (κ2) is 17.3. The van der Waals surface area contributed by atoms with Crippen molar-refractivity contribution in [2.45, 2.75) is 0 Å². The Bertz CT molecular complexity index is 11.6. The van der Waals surface area contributed by atoms with E-state index >= 15 is 0 Å². The van der Waals surface area contributed by atoms with Gasteiger partial charge in [-0.2, -0.15) is 0 Å². The molecule has 0 aliphatic carbocycles. The second-order valence-electron chi connectivity index (χ2n) is 0. The third-order valence-corrected chi connectivity index (χ3v) is 0. The fourth-order valence-electron chi connectivity index (χ4n) is 0. The normalized spacial score (nSPS) is 0. The molecule has 4 heavy (non-hydrogen) atoms. The van der Waals surface area contributed by atoms with Gasteiger partial charge in [-0.3, -0.25) is 0 Å². The van der Waals surface area contributed by atoms with E-state index in [0.29, 0.717) is 0 Å². The Hall–Kier alpha value is 2.70. The molecule has 0 spiro atoms. The fourth-order valence-corrected chi connectivity index (χ4v) is 0. The smallest absolute Gasteiger partial charge is 1.00 e. The van der Waals surface area contributed by atoms with Crippen LogP contribution in [0.3, 0.4) is 0 Å². The van der Waals surface area contributed by atoms with E-state index in [-0.39, 0.29) is 89.5 Å². The molecule has 0 N–H and O–H groups in total. The first kappa shape index (κ1) is 29.9. The van der Waals surface area contributed by atoms with Crippen LogP contribution in [0.5, 0.6) is 0 Å². The predicted octanol–water partition coefficient (Wildman–Crippen LogP) is -4.45. The molecule has 0 bridgehead atoms. The Morgan fingerprint density at radius 3 is 1.25 bits per heavy atom. The number of hydrogen-bond donors (Lipinski definition) is 0. The van der Waals surface area contributed by atoms with Crippen LogP contribution < -0.4 is 29.6 Å². The van der Waals surface area contributed by atoms with Gasteiger partial charge in [0, 0.05) is 41.1 Å². The van der Waals surface area contributed by atoms with Crippen molar-refractivity contribution in [1.29, 1.82) is 0 Å². The van der Waals surface area contributed by atoms with Crippen LogP contribution in [-0.4, -0.2) is 25.8 Å². The molecule has 0 heterocycles. The van der Waals surface area contributed by atoms with Gasteiger partial charge in [-0.25, -0.2) is 0 Å². The van der Waals surface area contributed by atoms with Crippen LogP contribution in [0.25, 0.3) is 0 Å². The third kappa shape index (κ3) is 8.83. The molecule has 4 radical (unpaired) electrons. The third-order valence-electron chi connectivity index (χ3n) is 0. The zero-order valence-corrected chi connectivity index (χ0v) is 6.99. The average molecular weight is 154 g/mol. The Labute approximate surface area is 87.8 Å². The zero-order valence-electron chi connectivity index (χ0n) is 3.15. The Morgan fingerprint density at radius 2 is 1.25 bits per heavy atom. The largest absolute Gasteiger partial charge is 1.00 e. The van der Waals surface area contributed by atoms with E-state index in [0.717, 1.165) is 0 Å². The first-order valence-electron chi connectivity index (χ1n) is 0. The van der Waals surface area contributed by atoms with Crippen molar-refractivity contribution < 1.29 is 63.7 Å². The summed E-state index contributed by atoms with van der Waals surface area (Å²) in [5.41, 5.74) is 0. The van der Waals surface area contributed by atoms with E-state index in [1.807, 2.05) is 0 Å². The molecule has 0 unspecified atom stereocenters. The molecule has 0 saturated carbocycles. The molecule has 0 aromatic carbocycles. The zero-order chi connectivity index (χ0) is 0. The van der Waals surface area contributed by atoms with E-state index in [2.05, 4.69) is 0 Å². The van der Waals surface area contributed by atoms with E-state index < -0.39 is 0 Å². The molecule has 0 aromatic rings. The Morgan fingerprint density at radius 1 is 1.25 bits per heavy atom. The van der Waals surface area contributed by atoms with Gasteiger partial charge in [-0.05, 0) is 0 Å². The molecule has 0 fully saturated rings. The van der Waals surface area contributed by atoms with Crippen LogP contribution in [0.2, 0.25) is 0 Å². The molecule has 0 aliphatic heterocycles. The van der Waals surface area contributed by atoms with Gasteiger partial charge in [0.1, 0.15) is 0 Å². The minimum absolute atomic E-state index is 0. The molecular formula is H4AlBNaY. The van der Waals surface area contributed by atoms with Gasteiger partial charge in [0.25, 0.3) is 0 Å². The van der Waals surface area contributed by atoms with Gasteiger partial charge < -0.3 is 1.43 Å². The summed E-state index contributed by atoms with van der Waals surface area (Å²) < 4.78 is 0. The molecule has 4 heteroatoms. The Balaban J connectivity index is 0. The summed E-state index contributed by atoms with van der Waals surface area (Å²) in [5, 5.41) is 0. The maximum Gasteiger partial charge on any atom is 1.00 e. The summed E-state index contributed by atoms with van der Waals surface area (Å²) in [6.07, 6.45) is 0. The van der Waals surface area contributed by atoms with Crippen LogP contribution in [0.15, 0.2) is 0 Å². The molecule has 0 saturated heterocycles. The molecule has 0 rings (SSSR count). The molecule has 0 aliphatic rings. The van der Waals surface area contributed by atoms with Gasteiger partial charge in [-0.1, -0.05) is 0 Å². The van der Waals surface area contributed by atoms with Crippen molar-refractivity contribution in [1.82, 2.24) is 0 Å². The summed E-state index contributed by atoms with van der Waals surface area (Å²) in [4.78, 5) is 0. The summed E-state index contributed by atoms with van der Waals surface area (Å²) in [6.45, 7) is 0. The fraction of sp³-hybridized carbons (Fsp3) is 0. The van der Waals surface area contributed by atoms with Crippen molar-refractivity contribution in [3.8, 4) is 0 Å². The molecule has 0 aromatic heterocycles. The van der Waals surface area contributed by atoms with Gasteiger partial charge in [0.15, 0.2) is 17.4 Å². The quantitative estimate of drug-likeness (QED) is 0.308. The van der Waals surface area contributed by atoms with Gasteiger partial charge >= 0.3 is 29.6 Å². The predicted molar refractivity (Wildman–Crippen MR) is 16.8 cm³/mol. The maximum atomic E-state index is 0. The first-order chi connectivity index (χ1) is 0.